The van der Waals surface area contributed by atoms with Crippen LogP contribution in [-0.4, -0.2) is 13.3 Å². The molecule has 0 radical (unpaired) electrons. The van der Waals surface area contributed by atoms with Crippen LogP contribution < -0.4 is 0 Å². The molecule has 0 aliphatic heterocycles. The van der Waals surface area contributed by atoms with Crippen molar-refractivity contribution in [3.63, 3.8) is 0 Å². The van der Waals surface area contributed by atoms with Crippen LogP contribution in [0.1, 0.15) is 6.92 Å². The fraction of sp³-hybridized carbons (Fsp3) is 0.333. The average Bonchev–Trinajstić information content (AvgIpc) is 1.83. The van der Waals surface area contributed by atoms with Gasteiger partial charge in [-0.3, -0.25) is 4.99 Å². The summed E-state index contributed by atoms with van der Waals surface area (Å²) in [7, 11) is 1.64. The molecule has 0 heterocycles. The van der Waals surface area contributed by atoms with E-state index in [1.165, 1.54) is 6.21 Å². The highest BCUT2D eigenvalue weighted by Gasteiger charge is 1.80. The van der Waals surface area contributed by atoms with Gasteiger partial charge < -0.3 is 0 Å². The molecule has 0 saturated heterocycles. The third kappa shape index (κ3) is 2.14. The third-order valence-electron chi connectivity index (χ3n) is 0.708. The predicted octanol–water partition coefficient (Wildman–Crippen LogP) is 1.16. The molecule has 0 unspecified atom stereocenters. The fourth-order valence-electron chi connectivity index (χ4n) is 0.307. The van der Waals surface area contributed by atoms with Gasteiger partial charge in [0.15, 0.2) is 0 Å². The number of aliphatic imine (C=N–C) groups is 1. The molecule has 2 heteroatoms. The molecule has 0 rings (SSSR count). The lowest BCUT2D eigenvalue weighted by molar-refractivity contribution is 1.45. The van der Waals surface area contributed by atoms with E-state index in [0.29, 0.717) is 5.57 Å². The summed E-state index contributed by atoms with van der Waals surface area (Å²) in [6.07, 6.45) is 3.24. The van der Waals surface area contributed by atoms with Crippen molar-refractivity contribution in [1.29, 1.82) is 5.26 Å². The SMILES string of the molecule is CC=C(C#N)C=NC. The molecule has 0 N–H and O–H groups in total. The Morgan fingerprint density at radius 1 is 1.75 bits per heavy atom. The Kier molecular flexibility index (Phi) is 3.51. The summed E-state index contributed by atoms with van der Waals surface area (Å²) in [5.41, 5.74) is 0.604. The van der Waals surface area contributed by atoms with Gasteiger partial charge in [0.25, 0.3) is 0 Å². The van der Waals surface area contributed by atoms with Gasteiger partial charge in [0, 0.05) is 13.3 Å². The van der Waals surface area contributed by atoms with Crippen molar-refractivity contribution in [1.82, 2.24) is 0 Å². The molecule has 0 fully saturated rings. The first kappa shape index (κ1) is 6.90. The number of hydrogen-bond donors (Lipinski definition) is 0. The van der Waals surface area contributed by atoms with Gasteiger partial charge in [0.1, 0.15) is 6.07 Å². The van der Waals surface area contributed by atoms with Crippen molar-refractivity contribution in [3.8, 4) is 6.07 Å². The maximum atomic E-state index is 8.25. The molecule has 0 aromatic heterocycles. The van der Waals surface area contributed by atoms with Gasteiger partial charge in [-0.25, -0.2) is 0 Å². The largest absolute Gasteiger partial charge is 0.295 e. The molecule has 0 bridgehead atoms. The Hall–Kier alpha value is -1.10. The van der Waals surface area contributed by atoms with Crippen molar-refractivity contribution in [2.45, 2.75) is 6.92 Å². The Morgan fingerprint density at radius 3 is 2.50 bits per heavy atom. The maximum Gasteiger partial charge on any atom is 0.100 e. The number of nitrogens with zero attached hydrogens (tertiary/aromatic N) is 2. The van der Waals surface area contributed by atoms with Gasteiger partial charge in [0.05, 0.1) is 5.57 Å². The highest BCUT2D eigenvalue weighted by Crippen LogP contribution is 1.83. The summed E-state index contributed by atoms with van der Waals surface area (Å²) < 4.78 is 0. The topological polar surface area (TPSA) is 36.1 Å². The van der Waals surface area contributed by atoms with Crippen molar-refractivity contribution in [3.05, 3.63) is 11.6 Å². The average molecular weight is 108 g/mol. The fourth-order valence-corrected chi connectivity index (χ4v) is 0.307. The van der Waals surface area contributed by atoms with Gasteiger partial charge in [-0.2, -0.15) is 5.26 Å². The minimum atomic E-state index is 0.604. The van der Waals surface area contributed by atoms with E-state index in [1.54, 1.807) is 20.0 Å². The van der Waals surface area contributed by atoms with E-state index in [0.717, 1.165) is 0 Å². The summed E-state index contributed by atoms with van der Waals surface area (Å²) in [4.78, 5) is 3.66. The van der Waals surface area contributed by atoms with E-state index in [9.17, 15) is 0 Å². The second-order valence-electron chi connectivity index (χ2n) is 1.24. The van der Waals surface area contributed by atoms with Crippen LogP contribution in [0, 0.1) is 11.3 Å². The summed E-state index contributed by atoms with van der Waals surface area (Å²) in [5, 5.41) is 8.25. The molecular weight excluding hydrogens is 100 g/mol. The van der Waals surface area contributed by atoms with Crippen LogP contribution in [0.15, 0.2) is 16.6 Å². The smallest absolute Gasteiger partial charge is 0.100 e. The lowest BCUT2D eigenvalue weighted by atomic mass is 10.3. The first-order chi connectivity index (χ1) is 3.85. The summed E-state index contributed by atoms with van der Waals surface area (Å²) in [6, 6.07) is 1.96. The van der Waals surface area contributed by atoms with E-state index in [1.807, 2.05) is 6.07 Å². The van der Waals surface area contributed by atoms with Crippen LogP contribution in [0.2, 0.25) is 0 Å². The van der Waals surface area contributed by atoms with Gasteiger partial charge in [-0.15, -0.1) is 0 Å². The molecule has 0 saturated carbocycles. The molecule has 0 aromatic carbocycles. The molecule has 0 aliphatic rings. The molecule has 0 spiro atoms. The minimum absolute atomic E-state index is 0.604. The number of allylic oxidation sites excluding steroid dienone is 2. The van der Waals surface area contributed by atoms with Crippen molar-refractivity contribution >= 4 is 6.21 Å². The molecule has 0 amide bonds. The maximum absolute atomic E-state index is 8.25. The third-order valence-corrected chi connectivity index (χ3v) is 0.708. The molecule has 2 nitrogen and oxygen atoms in total. The highest BCUT2D eigenvalue weighted by atomic mass is 14.6. The van der Waals surface area contributed by atoms with E-state index in [4.69, 9.17) is 5.26 Å². The lowest BCUT2D eigenvalue weighted by Crippen LogP contribution is -1.76. The van der Waals surface area contributed by atoms with E-state index in [2.05, 4.69) is 4.99 Å². The number of nitriles is 1. The molecule has 8 heavy (non-hydrogen) atoms. The van der Waals surface area contributed by atoms with Crippen molar-refractivity contribution < 1.29 is 0 Å². The van der Waals surface area contributed by atoms with Crippen LogP contribution >= 0.6 is 0 Å². The van der Waals surface area contributed by atoms with Crippen LogP contribution in [-0.2, 0) is 0 Å². The Morgan fingerprint density at radius 2 is 2.38 bits per heavy atom. The second-order valence-corrected chi connectivity index (χ2v) is 1.24. The normalized spacial score (nSPS) is 11.9. The first-order valence-electron chi connectivity index (χ1n) is 2.33. The van der Waals surface area contributed by atoms with E-state index >= 15 is 0 Å². The molecule has 0 aliphatic carbocycles. The summed E-state index contributed by atoms with van der Waals surface area (Å²) in [6.45, 7) is 1.81. The lowest BCUT2D eigenvalue weighted by Gasteiger charge is -1.77. The van der Waals surface area contributed by atoms with E-state index in [-0.39, 0.29) is 0 Å². The first-order valence-corrected chi connectivity index (χ1v) is 2.33. The minimum Gasteiger partial charge on any atom is -0.295 e. The summed E-state index contributed by atoms with van der Waals surface area (Å²) >= 11 is 0. The Bertz CT molecular complexity index is 148. The standard InChI is InChI=1S/C6H8N2/c1-3-6(4-7)5-8-2/h3,5H,1-2H3. The van der Waals surface area contributed by atoms with Crippen molar-refractivity contribution in [2.75, 3.05) is 7.05 Å². The summed E-state index contributed by atoms with van der Waals surface area (Å²) in [5.74, 6) is 0. The van der Waals surface area contributed by atoms with Gasteiger partial charge in [-0.05, 0) is 6.92 Å². The Balaban J connectivity index is 3.98. The highest BCUT2D eigenvalue weighted by molar-refractivity contribution is 5.83. The molecule has 0 atom stereocenters. The molecular formula is C6H8N2. The van der Waals surface area contributed by atoms with Crippen LogP contribution in [0.5, 0.6) is 0 Å². The monoisotopic (exact) mass is 108 g/mol. The molecule has 42 valence electrons. The molecule has 0 aromatic rings. The van der Waals surface area contributed by atoms with Gasteiger partial charge in [0.2, 0.25) is 0 Å². The number of hydrogen-bond acceptors (Lipinski definition) is 2. The van der Waals surface area contributed by atoms with Gasteiger partial charge in [-0.1, -0.05) is 6.08 Å². The zero-order chi connectivity index (χ0) is 6.41. The zero-order valence-corrected chi connectivity index (χ0v) is 5.05. The van der Waals surface area contributed by atoms with Crippen molar-refractivity contribution in [2.24, 2.45) is 4.99 Å². The van der Waals surface area contributed by atoms with Crippen LogP contribution in [0.3, 0.4) is 0 Å². The van der Waals surface area contributed by atoms with E-state index < -0.39 is 0 Å². The van der Waals surface area contributed by atoms with Gasteiger partial charge >= 0.3 is 0 Å². The quantitative estimate of drug-likeness (QED) is 0.366. The predicted molar refractivity (Wildman–Crippen MR) is 33.8 cm³/mol. The number of rotatable bonds is 1. The second kappa shape index (κ2) is 4.07. The zero-order valence-electron chi connectivity index (χ0n) is 5.05. The van der Waals surface area contributed by atoms with Crippen LogP contribution in [0.4, 0.5) is 0 Å². The Labute approximate surface area is 49.2 Å². The van der Waals surface area contributed by atoms with Crippen LogP contribution in [0.25, 0.3) is 0 Å².